The summed E-state index contributed by atoms with van der Waals surface area (Å²) in [6.45, 7) is 1.61. The number of hydrogen-bond donors (Lipinski definition) is 1. The number of aromatic nitrogens is 2. The van der Waals surface area contributed by atoms with Crippen molar-refractivity contribution in [2.24, 2.45) is 5.92 Å². The Morgan fingerprint density at radius 3 is 2.57 bits per heavy atom. The molecule has 0 unspecified atom stereocenters. The minimum atomic E-state index is -0.434. The Labute approximate surface area is 123 Å². The SMILES string of the molecule is OC[C@H]1CN(c2ncc(F)cn2)CC[C@H]1c1ccccc1. The average Bonchev–Trinajstić information content (AvgIpc) is 2.56. The Kier molecular flexibility index (Phi) is 4.10. The zero-order valence-electron chi connectivity index (χ0n) is 11.7. The van der Waals surface area contributed by atoms with Gasteiger partial charge in [0.25, 0.3) is 0 Å². The molecule has 2 atom stereocenters. The molecule has 3 rings (SSSR count). The third-order valence-corrected chi connectivity index (χ3v) is 4.09. The third-order valence-electron chi connectivity index (χ3n) is 4.09. The van der Waals surface area contributed by atoms with Crippen molar-refractivity contribution in [2.75, 3.05) is 24.6 Å². The fraction of sp³-hybridized carbons (Fsp3) is 0.375. The number of hydrogen-bond acceptors (Lipinski definition) is 4. The molecule has 1 aromatic carbocycles. The lowest BCUT2D eigenvalue weighted by Crippen LogP contribution is -2.41. The molecule has 0 bridgehead atoms. The normalized spacial score (nSPS) is 22.3. The van der Waals surface area contributed by atoms with Gasteiger partial charge in [0, 0.05) is 25.6 Å². The molecule has 1 aliphatic rings. The van der Waals surface area contributed by atoms with Crippen molar-refractivity contribution in [3.63, 3.8) is 0 Å². The second-order valence-corrected chi connectivity index (χ2v) is 5.40. The van der Waals surface area contributed by atoms with Crippen molar-refractivity contribution in [1.29, 1.82) is 0 Å². The topological polar surface area (TPSA) is 49.2 Å². The fourth-order valence-corrected chi connectivity index (χ4v) is 3.01. The summed E-state index contributed by atoms with van der Waals surface area (Å²) in [5.41, 5.74) is 1.26. The molecule has 110 valence electrons. The number of benzene rings is 1. The van der Waals surface area contributed by atoms with E-state index in [0.29, 0.717) is 18.4 Å². The number of anilines is 1. The maximum atomic E-state index is 12.9. The first-order chi connectivity index (χ1) is 10.3. The summed E-state index contributed by atoms with van der Waals surface area (Å²) in [5, 5.41) is 9.70. The van der Waals surface area contributed by atoms with Gasteiger partial charge in [-0.1, -0.05) is 30.3 Å². The first kappa shape index (κ1) is 13.9. The Balaban J connectivity index is 1.76. The molecule has 5 heteroatoms. The van der Waals surface area contributed by atoms with E-state index < -0.39 is 5.82 Å². The molecule has 0 amide bonds. The zero-order chi connectivity index (χ0) is 14.7. The summed E-state index contributed by atoms with van der Waals surface area (Å²) in [6.07, 6.45) is 3.29. The second kappa shape index (κ2) is 6.18. The first-order valence-electron chi connectivity index (χ1n) is 7.16. The molecule has 21 heavy (non-hydrogen) atoms. The molecule has 2 heterocycles. The highest BCUT2D eigenvalue weighted by molar-refractivity contribution is 5.32. The van der Waals surface area contributed by atoms with Crippen molar-refractivity contribution in [1.82, 2.24) is 9.97 Å². The first-order valence-corrected chi connectivity index (χ1v) is 7.16. The van der Waals surface area contributed by atoms with Crippen LogP contribution in [0.2, 0.25) is 0 Å². The van der Waals surface area contributed by atoms with Gasteiger partial charge in [-0.25, -0.2) is 14.4 Å². The molecule has 1 saturated heterocycles. The molecular formula is C16H18FN3O. The highest BCUT2D eigenvalue weighted by Crippen LogP contribution is 2.33. The van der Waals surface area contributed by atoms with Gasteiger partial charge in [-0.15, -0.1) is 0 Å². The van der Waals surface area contributed by atoms with Crippen molar-refractivity contribution in [3.8, 4) is 0 Å². The number of nitrogens with zero attached hydrogens (tertiary/aromatic N) is 3. The van der Waals surface area contributed by atoms with Crippen LogP contribution in [0.3, 0.4) is 0 Å². The van der Waals surface area contributed by atoms with Crippen LogP contribution < -0.4 is 4.90 Å². The maximum Gasteiger partial charge on any atom is 0.225 e. The largest absolute Gasteiger partial charge is 0.396 e. The predicted octanol–water partition coefficient (Wildman–Crippen LogP) is 2.22. The lowest BCUT2D eigenvalue weighted by atomic mass is 9.81. The summed E-state index contributed by atoms with van der Waals surface area (Å²) < 4.78 is 12.9. The zero-order valence-corrected chi connectivity index (χ0v) is 11.7. The number of aliphatic hydroxyl groups is 1. The smallest absolute Gasteiger partial charge is 0.225 e. The van der Waals surface area contributed by atoms with Crippen LogP contribution in [-0.2, 0) is 0 Å². The highest BCUT2D eigenvalue weighted by atomic mass is 19.1. The molecule has 0 saturated carbocycles. The summed E-state index contributed by atoms with van der Waals surface area (Å²) in [7, 11) is 0. The summed E-state index contributed by atoms with van der Waals surface area (Å²) in [4.78, 5) is 10.1. The van der Waals surface area contributed by atoms with Gasteiger partial charge in [-0.2, -0.15) is 0 Å². The standard InChI is InChI=1S/C16H18FN3O/c17-14-8-18-16(19-9-14)20-7-6-15(13(10-20)11-21)12-4-2-1-3-5-12/h1-5,8-9,13,15,21H,6-7,10-11H2/t13-,15+/m1/s1. The van der Waals surface area contributed by atoms with Crippen LogP contribution in [0.4, 0.5) is 10.3 Å². The molecule has 1 aromatic heterocycles. The van der Waals surface area contributed by atoms with E-state index in [0.717, 1.165) is 13.0 Å². The molecule has 0 aliphatic carbocycles. The van der Waals surface area contributed by atoms with Crippen LogP contribution in [0.5, 0.6) is 0 Å². The Morgan fingerprint density at radius 2 is 1.90 bits per heavy atom. The molecule has 0 spiro atoms. The van der Waals surface area contributed by atoms with Crippen molar-refractivity contribution in [2.45, 2.75) is 12.3 Å². The van der Waals surface area contributed by atoms with Crippen LogP contribution in [0.15, 0.2) is 42.7 Å². The van der Waals surface area contributed by atoms with Crippen molar-refractivity contribution in [3.05, 3.63) is 54.1 Å². The Morgan fingerprint density at radius 1 is 1.19 bits per heavy atom. The maximum absolute atomic E-state index is 12.9. The highest BCUT2D eigenvalue weighted by Gasteiger charge is 2.30. The van der Waals surface area contributed by atoms with Crippen molar-refractivity contribution < 1.29 is 9.50 Å². The van der Waals surface area contributed by atoms with E-state index >= 15 is 0 Å². The van der Waals surface area contributed by atoms with Crippen LogP contribution in [0, 0.1) is 11.7 Å². The van der Waals surface area contributed by atoms with Crippen LogP contribution in [-0.4, -0.2) is 34.8 Å². The Hall–Kier alpha value is -2.01. The molecule has 1 fully saturated rings. The van der Waals surface area contributed by atoms with Crippen LogP contribution in [0.1, 0.15) is 17.9 Å². The van der Waals surface area contributed by atoms with Gasteiger partial charge in [0.2, 0.25) is 5.95 Å². The molecule has 0 radical (unpaired) electrons. The minimum Gasteiger partial charge on any atom is -0.396 e. The average molecular weight is 287 g/mol. The van der Waals surface area contributed by atoms with E-state index in [9.17, 15) is 9.50 Å². The van der Waals surface area contributed by atoms with Crippen LogP contribution in [0.25, 0.3) is 0 Å². The molecule has 4 nitrogen and oxygen atoms in total. The van der Waals surface area contributed by atoms with E-state index in [4.69, 9.17) is 0 Å². The van der Waals surface area contributed by atoms with Crippen molar-refractivity contribution >= 4 is 5.95 Å². The number of aliphatic hydroxyl groups excluding tert-OH is 1. The van der Waals surface area contributed by atoms with E-state index in [1.54, 1.807) is 0 Å². The van der Waals surface area contributed by atoms with E-state index in [2.05, 4.69) is 22.1 Å². The van der Waals surface area contributed by atoms with Gasteiger partial charge in [0.15, 0.2) is 5.82 Å². The summed E-state index contributed by atoms with van der Waals surface area (Å²) >= 11 is 0. The van der Waals surface area contributed by atoms with Gasteiger partial charge >= 0.3 is 0 Å². The monoisotopic (exact) mass is 287 g/mol. The molecule has 1 aliphatic heterocycles. The molecular weight excluding hydrogens is 269 g/mol. The molecule has 2 aromatic rings. The minimum absolute atomic E-state index is 0.122. The quantitative estimate of drug-likeness (QED) is 0.940. The lowest BCUT2D eigenvalue weighted by Gasteiger charge is -2.38. The van der Waals surface area contributed by atoms with E-state index in [1.165, 1.54) is 18.0 Å². The van der Waals surface area contributed by atoms with Crippen LogP contribution >= 0.6 is 0 Å². The van der Waals surface area contributed by atoms with E-state index in [1.807, 2.05) is 23.1 Å². The van der Waals surface area contributed by atoms with Gasteiger partial charge in [-0.3, -0.25) is 0 Å². The number of rotatable bonds is 3. The molecule has 1 N–H and O–H groups in total. The summed E-state index contributed by atoms with van der Waals surface area (Å²) in [6, 6.07) is 10.3. The second-order valence-electron chi connectivity index (χ2n) is 5.40. The summed E-state index contributed by atoms with van der Waals surface area (Å²) in [5.74, 6) is 0.570. The number of halogens is 1. The lowest BCUT2D eigenvalue weighted by molar-refractivity contribution is 0.189. The predicted molar refractivity (Wildman–Crippen MR) is 78.6 cm³/mol. The third kappa shape index (κ3) is 3.03. The van der Waals surface area contributed by atoms with Gasteiger partial charge in [0.1, 0.15) is 0 Å². The van der Waals surface area contributed by atoms with Gasteiger partial charge in [0.05, 0.1) is 12.4 Å². The number of piperidine rings is 1. The Bertz CT molecular complexity index is 576. The van der Waals surface area contributed by atoms with Gasteiger partial charge in [-0.05, 0) is 17.9 Å². The van der Waals surface area contributed by atoms with Gasteiger partial charge < -0.3 is 10.0 Å². The fourth-order valence-electron chi connectivity index (χ4n) is 3.01. The van der Waals surface area contributed by atoms with E-state index in [-0.39, 0.29) is 12.5 Å².